The van der Waals surface area contributed by atoms with Crippen LogP contribution in [0.3, 0.4) is 0 Å². The summed E-state index contributed by atoms with van der Waals surface area (Å²) in [6.45, 7) is 4.45. The third kappa shape index (κ3) is 1.96. The first kappa shape index (κ1) is 12.2. The Bertz CT molecular complexity index is 428. The van der Waals surface area contributed by atoms with Gasteiger partial charge in [0, 0.05) is 5.41 Å². The van der Waals surface area contributed by atoms with Crippen LogP contribution in [0.2, 0.25) is 0 Å². The highest BCUT2D eigenvalue weighted by Crippen LogP contribution is 2.47. The molecule has 18 heavy (non-hydrogen) atoms. The van der Waals surface area contributed by atoms with E-state index in [4.69, 9.17) is 10.3 Å². The predicted octanol–water partition coefficient (Wildman–Crippen LogP) is 2.88. The number of nitrogens with zero attached hydrogens (tertiary/aromatic N) is 2. The van der Waals surface area contributed by atoms with E-state index in [9.17, 15) is 0 Å². The Morgan fingerprint density at radius 1 is 1.28 bits per heavy atom. The van der Waals surface area contributed by atoms with E-state index >= 15 is 0 Å². The summed E-state index contributed by atoms with van der Waals surface area (Å²) in [5.41, 5.74) is 6.27. The quantitative estimate of drug-likeness (QED) is 0.894. The van der Waals surface area contributed by atoms with Crippen LogP contribution in [-0.4, -0.2) is 10.1 Å². The van der Waals surface area contributed by atoms with Gasteiger partial charge in [0.15, 0.2) is 5.82 Å². The molecule has 0 atom stereocenters. The summed E-state index contributed by atoms with van der Waals surface area (Å²) in [6.07, 6.45) is 7.91. The van der Waals surface area contributed by atoms with Crippen molar-refractivity contribution in [2.24, 2.45) is 11.7 Å². The van der Waals surface area contributed by atoms with Crippen LogP contribution in [0.4, 0.5) is 0 Å². The van der Waals surface area contributed by atoms with Gasteiger partial charge < -0.3 is 10.3 Å². The molecule has 0 bridgehead atoms. The summed E-state index contributed by atoms with van der Waals surface area (Å²) in [5, 5.41) is 4.14. The van der Waals surface area contributed by atoms with Gasteiger partial charge >= 0.3 is 0 Å². The maximum absolute atomic E-state index is 6.48. The Balaban J connectivity index is 1.76. The van der Waals surface area contributed by atoms with E-state index in [1.54, 1.807) is 0 Å². The van der Waals surface area contributed by atoms with Crippen molar-refractivity contribution in [2.45, 2.75) is 69.7 Å². The summed E-state index contributed by atoms with van der Waals surface area (Å²) >= 11 is 0. The van der Waals surface area contributed by atoms with Crippen LogP contribution in [-0.2, 0) is 11.0 Å². The highest BCUT2D eigenvalue weighted by molar-refractivity contribution is 5.16. The Labute approximate surface area is 108 Å². The van der Waals surface area contributed by atoms with E-state index in [-0.39, 0.29) is 11.0 Å². The van der Waals surface area contributed by atoms with Crippen LogP contribution in [0.1, 0.15) is 70.5 Å². The van der Waals surface area contributed by atoms with Gasteiger partial charge in [0.2, 0.25) is 5.89 Å². The molecule has 0 saturated heterocycles. The second-order valence-corrected chi connectivity index (χ2v) is 6.49. The lowest BCUT2D eigenvalue weighted by Crippen LogP contribution is -2.40. The first-order valence-corrected chi connectivity index (χ1v) is 7.19. The summed E-state index contributed by atoms with van der Waals surface area (Å²) in [7, 11) is 0. The summed E-state index contributed by atoms with van der Waals surface area (Å²) < 4.78 is 5.46. The number of rotatable bonds is 3. The van der Waals surface area contributed by atoms with E-state index in [2.05, 4.69) is 24.0 Å². The number of hydrogen-bond acceptors (Lipinski definition) is 4. The van der Waals surface area contributed by atoms with Gasteiger partial charge in [-0.3, -0.25) is 0 Å². The molecular formula is C14H23N3O. The second kappa shape index (κ2) is 4.05. The molecule has 0 spiro atoms. The molecule has 0 aromatic carbocycles. The Hall–Kier alpha value is -0.900. The molecule has 2 saturated carbocycles. The first-order valence-electron chi connectivity index (χ1n) is 7.19. The van der Waals surface area contributed by atoms with Gasteiger partial charge in [-0.15, -0.1) is 0 Å². The van der Waals surface area contributed by atoms with Gasteiger partial charge in [-0.1, -0.05) is 25.4 Å². The third-order valence-corrected chi connectivity index (χ3v) is 4.97. The van der Waals surface area contributed by atoms with E-state index in [1.165, 1.54) is 32.1 Å². The van der Waals surface area contributed by atoms with Crippen molar-refractivity contribution in [3.05, 3.63) is 11.7 Å². The molecule has 2 aliphatic rings. The van der Waals surface area contributed by atoms with E-state index in [1.807, 2.05) is 0 Å². The van der Waals surface area contributed by atoms with Gasteiger partial charge in [-0.05, 0) is 44.4 Å². The summed E-state index contributed by atoms with van der Waals surface area (Å²) in [6, 6.07) is 0. The fraction of sp³-hybridized carbons (Fsp3) is 0.857. The van der Waals surface area contributed by atoms with Crippen LogP contribution in [0.25, 0.3) is 0 Å². The van der Waals surface area contributed by atoms with Crippen molar-refractivity contribution in [2.75, 3.05) is 0 Å². The van der Waals surface area contributed by atoms with Gasteiger partial charge in [0.25, 0.3) is 0 Å². The minimum atomic E-state index is -0.373. The molecule has 0 radical (unpaired) electrons. The van der Waals surface area contributed by atoms with Crippen molar-refractivity contribution in [1.82, 2.24) is 10.1 Å². The minimum absolute atomic E-state index is 0.165. The molecule has 1 aromatic heterocycles. The van der Waals surface area contributed by atoms with E-state index in [0.29, 0.717) is 5.89 Å². The van der Waals surface area contributed by atoms with Gasteiger partial charge in [-0.25, -0.2) is 0 Å². The normalized spacial score (nSPS) is 34.5. The smallest absolute Gasteiger partial charge is 0.246 e. The molecule has 0 aliphatic heterocycles. The number of aromatic nitrogens is 2. The van der Waals surface area contributed by atoms with Crippen LogP contribution in [0, 0.1) is 5.92 Å². The summed E-state index contributed by atoms with van der Waals surface area (Å²) in [4.78, 5) is 4.59. The van der Waals surface area contributed by atoms with Crippen molar-refractivity contribution in [3.63, 3.8) is 0 Å². The molecule has 2 fully saturated rings. The summed E-state index contributed by atoms with van der Waals surface area (Å²) in [5.74, 6) is 2.35. The van der Waals surface area contributed by atoms with E-state index in [0.717, 1.165) is 24.6 Å². The van der Waals surface area contributed by atoms with Crippen LogP contribution in [0.15, 0.2) is 4.52 Å². The molecule has 2 aliphatic carbocycles. The average Bonchev–Trinajstić information content (AvgIpc) is 2.94. The molecule has 1 heterocycles. The maximum atomic E-state index is 6.48. The highest BCUT2D eigenvalue weighted by atomic mass is 16.5. The molecule has 0 amide bonds. The SMILES string of the molecule is CCC1CCC(N)(c2nc(C3(C)CC3)no2)CC1. The zero-order chi connectivity index (χ0) is 12.8. The lowest BCUT2D eigenvalue weighted by Gasteiger charge is -2.33. The van der Waals surface area contributed by atoms with E-state index < -0.39 is 0 Å². The van der Waals surface area contributed by atoms with Crippen molar-refractivity contribution >= 4 is 0 Å². The molecule has 2 N–H and O–H groups in total. The van der Waals surface area contributed by atoms with Gasteiger partial charge in [-0.2, -0.15) is 4.98 Å². The second-order valence-electron chi connectivity index (χ2n) is 6.49. The van der Waals surface area contributed by atoms with Crippen LogP contribution >= 0.6 is 0 Å². The fourth-order valence-corrected chi connectivity index (χ4v) is 2.90. The van der Waals surface area contributed by atoms with Crippen molar-refractivity contribution in [1.29, 1.82) is 0 Å². The first-order chi connectivity index (χ1) is 8.56. The molecule has 100 valence electrons. The highest BCUT2D eigenvalue weighted by Gasteiger charge is 2.45. The lowest BCUT2D eigenvalue weighted by molar-refractivity contribution is 0.181. The minimum Gasteiger partial charge on any atom is -0.337 e. The molecule has 3 rings (SSSR count). The zero-order valence-electron chi connectivity index (χ0n) is 11.4. The molecule has 4 nitrogen and oxygen atoms in total. The maximum Gasteiger partial charge on any atom is 0.246 e. The largest absolute Gasteiger partial charge is 0.337 e. The number of hydrogen-bond donors (Lipinski definition) is 1. The standard InChI is InChI=1S/C14H23N3O/c1-3-10-4-6-14(15,7-5-10)12-16-11(17-18-12)13(2)8-9-13/h10H,3-9,15H2,1-2H3. The predicted molar refractivity (Wildman–Crippen MR) is 69.0 cm³/mol. The van der Waals surface area contributed by atoms with Gasteiger partial charge in [0.1, 0.15) is 0 Å². The number of nitrogens with two attached hydrogens (primary N) is 1. The van der Waals surface area contributed by atoms with Crippen molar-refractivity contribution in [3.8, 4) is 0 Å². The van der Waals surface area contributed by atoms with Crippen LogP contribution in [0.5, 0.6) is 0 Å². The monoisotopic (exact) mass is 249 g/mol. The molecular weight excluding hydrogens is 226 g/mol. The van der Waals surface area contributed by atoms with Gasteiger partial charge in [0.05, 0.1) is 5.54 Å². The fourth-order valence-electron chi connectivity index (χ4n) is 2.90. The molecule has 4 heteroatoms. The Kier molecular flexibility index (Phi) is 2.73. The average molecular weight is 249 g/mol. The van der Waals surface area contributed by atoms with Crippen molar-refractivity contribution < 1.29 is 4.52 Å². The Morgan fingerprint density at radius 2 is 1.94 bits per heavy atom. The third-order valence-electron chi connectivity index (χ3n) is 4.97. The Morgan fingerprint density at radius 3 is 2.50 bits per heavy atom. The molecule has 0 unspecified atom stereocenters. The lowest BCUT2D eigenvalue weighted by atomic mass is 9.76. The topological polar surface area (TPSA) is 64.9 Å². The molecule has 1 aromatic rings. The van der Waals surface area contributed by atoms with Crippen LogP contribution < -0.4 is 5.73 Å². The zero-order valence-corrected chi connectivity index (χ0v) is 11.4.